The van der Waals surface area contributed by atoms with Crippen molar-refractivity contribution < 1.29 is 9.53 Å². The van der Waals surface area contributed by atoms with E-state index in [-0.39, 0.29) is 5.91 Å². The second-order valence-electron chi connectivity index (χ2n) is 8.62. The lowest BCUT2D eigenvalue weighted by Gasteiger charge is -2.36. The maximum Gasteiger partial charge on any atom is 0.272 e. The lowest BCUT2D eigenvalue weighted by atomic mass is 10.1. The molecule has 0 radical (unpaired) electrons. The average Bonchev–Trinajstić information content (AvgIpc) is 3.34. The minimum atomic E-state index is -0.0363. The fourth-order valence-corrected chi connectivity index (χ4v) is 4.57. The third kappa shape index (κ3) is 4.75. The topological polar surface area (TPSA) is 50.6 Å². The average molecular weight is 487 g/mol. The fraction of sp³-hybridized carbons (Fsp3) is 0.214. The van der Waals surface area contributed by atoms with E-state index < -0.39 is 0 Å². The molecule has 1 amide bonds. The van der Waals surface area contributed by atoms with E-state index in [9.17, 15) is 4.79 Å². The van der Waals surface area contributed by atoms with Crippen LogP contribution in [0.15, 0.2) is 78.9 Å². The number of ether oxygens (including phenoxy) is 1. The number of piperazine rings is 1. The first kappa shape index (κ1) is 23.0. The van der Waals surface area contributed by atoms with Crippen LogP contribution in [-0.2, 0) is 0 Å². The molecule has 0 saturated carbocycles. The van der Waals surface area contributed by atoms with Crippen LogP contribution in [0, 0.1) is 6.92 Å². The van der Waals surface area contributed by atoms with E-state index in [1.165, 1.54) is 0 Å². The number of hydrogen-bond donors (Lipinski definition) is 0. The van der Waals surface area contributed by atoms with Gasteiger partial charge in [-0.05, 0) is 55.5 Å². The molecule has 0 atom stereocenters. The zero-order valence-corrected chi connectivity index (χ0v) is 20.6. The lowest BCUT2D eigenvalue weighted by Crippen LogP contribution is -2.49. The van der Waals surface area contributed by atoms with Crippen molar-refractivity contribution in [3.8, 4) is 22.7 Å². The van der Waals surface area contributed by atoms with Gasteiger partial charge in [-0.15, -0.1) is 0 Å². The Morgan fingerprint density at radius 3 is 2.20 bits per heavy atom. The highest BCUT2D eigenvalue weighted by molar-refractivity contribution is 6.33. The Morgan fingerprint density at radius 2 is 1.54 bits per heavy atom. The van der Waals surface area contributed by atoms with E-state index in [1.807, 2.05) is 78.6 Å². The molecule has 4 aromatic rings. The third-order valence-corrected chi connectivity index (χ3v) is 6.69. The molecule has 35 heavy (non-hydrogen) atoms. The predicted octanol–water partition coefficient (Wildman–Crippen LogP) is 5.47. The van der Waals surface area contributed by atoms with Crippen LogP contribution in [0.2, 0.25) is 5.02 Å². The second kappa shape index (κ2) is 9.84. The number of carbonyl (C=O) groups is 1. The number of halogens is 1. The number of aryl methyl sites for hydroxylation is 1. The highest BCUT2D eigenvalue weighted by Gasteiger charge is 2.27. The Balaban J connectivity index is 1.41. The van der Waals surface area contributed by atoms with Gasteiger partial charge in [0.15, 0.2) is 0 Å². The summed E-state index contributed by atoms with van der Waals surface area (Å²) in [4.78, 5) is 17.9. The number of anilines is 1. The van der Waals surface area contributed by atoms with Gasteiger partial charge in [0, 0.05) is 37.4 Å². The molecule has 0 unspecified atom stereocenters. The van der Waals surface area contributed by atoms with E-state index >= 15 is 0 Å². The second-order valence-corrected chi connectivity index (χ2v) is 9.03. The molecule has 6 nitrogen and oxygen atoms in total. The van der Waals surface area contributed by atoms with Crippen molar-refractivity contribution in [1.82, 2.24) is 14.7 Å². The van der Waals surface area contributed by atoms with Crippen LogP contribution < -0.4 is 9.64 Å². The van der Waals surface area contributed by atoms with Crippen molar-refractivity contribution in [2.45, 2.75) is 6.92 Å². The number of benzene rings is 3. The number of amides is 1. The minimum absolute atomic E-state index is 0.0363. The number of nitrogens with zero attached hydrogens (tertiary/aromatic N) is 4. The quantitative estimate of drug-likeness (QED) is 0.375. The number of methoxy groups -OCH3 is 1. The highest BCUT2D eigenvalue weighted by atomic mass is 35.5. The lowest BCUT2D eigenvalue weighted by molar-refractivity contribution is 0.0737. The minimum Gasteiger partial charge on any atom is -0.497 e. The number of carbonyl (C=O) groups excluding carboxylic acids is 1. The summed E-state index contributed by atoms with van der Waals surface area (Å²) in [7, 11) is 1.66. The summed E-state index contributed by atoms with van der Waals surface area (Å²) < 4.78 is 6.99. The van der Waals surface area contributed by atoms with Crippen LogP contribution in [0.25, 0.3) is 16.9 Å². The molecule has 0 aliphatic carbocycles. The summed E-state index contributed by atoms with van der Waals surface area (Å²) in [6.07, 6.45) is 0. The van der Waals surface area contributed by atoms with Gasteiger partial charge in [-0.1, -0.05) is 47.5 Å². The van der Waals surface area contributed by atoms with Gasteiger partial charge in [0.2, 0.25) is 0 Å². The number of rotatable bonds is 5. The van der Waals surface area contributed by atoms with Crippen molar-refractivity contribution in [3.05, 3.63) is 95.1 Å². The molecule has 3 aromatic carbocycles. The van der Waals surface area contributed by atoms with Gasteiger partial charge in [-0.2, -0.15) is 5.10 Å². The molecule has 1 saturated heterocycles. The molecular weight excluding hydrogens is 460 g/mol. The van der Waals surface area contributed by atoms with Gasteiger partial charge in [-0.25, -0.2) is 4.68 Å². The molecule has 1 aliphatic rings. The standard InChI is InChI=1S/C28H27ClN4O2/c1-20-7-9-22(10-8-20)33-27(19-26(30-33)24-5-3-4-6-25(24)29)28(34)32-17-15-31(16-18-32)21-11-13-23(35-2)14-12-21/h3-14,19H,15-18H2,1-2H3. The van der Waals surface area contributed by atoms with E-state index in [0.29, 0.717) is 29.5 Å². The summed E-state index contributed by atoms with van der Waals surface area (Å²) in [6, 6.07) is 25.5. The van der Waals surface area contributed by atoms with Gasteiger partial charge in [0.25, 0.3) is 5.91 Å². The van der Waals surface area contributed by atoms with Crippen molar-refractivity contribution in [1.29, 1.82) is 0 Å². The van der Waals surface area contributed by atoms with Gasteiger partial charge >= 0.3 is 0 Å². The van der Waals surface area contributed by atoms with Crippen LogP contribution in [0.3, 0.4) is 0 Å². The Labute approximate surface area is 210 Å². The van der Waals surface area contributed by atoms with Crippen molar-refractivity contribution >= 4 is 23.2 Å². The summed E-state index contributed by atoms with van der Waals surface area (Å²) in [5.41, 5.74) is 5.13. The molecule has 1 aliphatic heterocycles. The first-order valence-electron chi connectivity index (χ1n) is 11.6. The van der Waals surface area contributed by atoms with Crippen LogP contribution in [0.1, 0.15) is 16.1 Å². The number of aromatic nitrogens is 2. The van der Waals surface area contributed by atoms with Crippen LogP contribution in [0.5, 0.6) is 5.75 Å². The molecule has 0 N–H and O–H groups in total. The molecule has 0 spiro atoms. The molecule has 178 valence electrons. The van der Waals surface area contributed by atoms with E-state index in [4.69, 9.17) is 21.4 Å². The molecule has 0 bridgehead atoms. The van der Waals surface area contributed by atoms with Gasteiger partial charge < -0.3 is 14.5 Å². The van der Waals surface area contributed by atoms with Gasteiger partial charge in [0.1, 0.15) is 11.4 Å². The summed E-state index contributed by atoms with van der Waals surface area (Å²) in [6.45, 7) is 4.81. The predicted molar refractivity (Wildman–Crippen MR) is 140 cm³/mol. The molecule has 1 fully saturated rings. The molecule has 7 heteroatoms. The highest BCUT2D eigenvalue weighted by Crippen LogP contribution is 2.29. The maximum absolute atomic E-state index is 13.7. The van der Waals surface area contributed by atoms with E-state index in [2.05, 4.69) is 17.0 Å². The molecule has 2 heterocycles. The largest absolute Gasteiger partial charge is 0.497 e. The Hall–Kier alpha value is -3.77. The zero-order chi connectivity index (χ0) is 24.4. The van der Waals surface area contributed by atoms with Crippen molar-refractivity contribution in [2.75, 3.05) is 38.2 Å². The molecular formula is C28H27ClN4O2. The Bertz CT molecular complexity index is 1320. The van der Waals surface area contributed by atoms with Crippen molar-refractivity contribution in [2.24, 2.45) is 0 Å². The van der Waals surface area contributed by atoms with Crippen LogP contribution in [-0.4, -0.2) is 53.9 Å². The SMILES string of the molecule is COc1ccc(N2CCN(C(=O)c3cc(-c4ccccc4Cl)nn3-c3ccc(C)cc3)CC2)cc1. The van der Waals surface area contributed by atoms with E-state index in [1.54, 1.807) is 11.8 Å². The first-order valence-corrected chi connectivity index (χ1v) is 12.0. The van der Waals surface area contributed by atoms with Crippen LogP contribution in [0.4, 0.5) is 5.69 Å². The van der Waals surface area contributed by atoms with E-state index in [0.717, 1.165) is 41.3 Å². The summed E-state index contributed by atoms with van der Waals surface area (Å²) >= 11 is 6.45. The maximum atomic E-state index is 13.7. The zero-order valence-electron chi connectivity index (χ0n) is 19.8. The summed E-state index contributed by atoms with van der Waals surface area (Å²) in [5.74, 6) is 0.798. The fourth-order valence-electron chi connectivity index (χ4n) is 4.34. The van der Waals surface area contributed by atoms with Crippen LogP contribution >= 0.6 is 11.6 Å². The van der Waals surface area contributed by atoms with Crippen molar-refractivity contribution in [3.63, 3.8) is 0 Å². The van der Waals surface area contributed by atoms with Gasteiger partial charge in [-0.3, -0.25) is 4.79 Å². The Kier molecular flexibility index (Phi) is 6.47. The first-order chi connectivity index (χ1) is 17.0. The van der Waals surface area contributed by atoms with Gasteiger partial charge in [0.05, 0.1) is 23.5 Å². The Morgan fingerprint density at radius 1 is 0.886 bits per heavy atom. The molecule has 1 aromatic heterocycles. The molecule has 5 rings (SSSR count). The third-order valence-electron chi connectivity index (χ3n) is 6.36. The monoisotopic (exact) mass is 486 g/mol. The smallest absolute Gasteiger partial charge is 0.272 e. The normalized spacial score (nSPS) is 13.7. The summed E-state index contributed by atoms with van der Waals surface area (Å²) in [5, 5.41) is 5.40. The number of hydrogen-bond acceptors (Lipinski definition) is 4.